The zero-order valence-electron chi connectivity index (χ0n) is 16.4. The first kappa shape index (κ1) is 21.7. The molecular formula is C17H23FN4O5S2. The van der Waals surface area contributed by atoms with Gasteiger partial charge in [-0.05, 0) is 31.5 Å². The van der Waals surface area contributed by atoms with E-state index in [4.69, 9.17) is 4.74 Å². The summed E-state index contributed by atoms with van der Waals surface area (Å²) in [4.78, 5) is 3.88. The third-order valence-corrected chi connectivity index (χ3v) is 8.53. The number of ether oxygens (including phenoxy) is 1. The summed E-state index contributed by atoms with van der Waals surface area (Å²) in [6.45, 7) is 1.94. The van der Waals surface area contributed by atoms with Crippen LogP contribution in [0.2, 0.25) is 0 Å². The fourth-order valence-electron chi connectivity index (χ4n) is 3.09. The highest BCUT2D eigenvalue weighted by Crippen LogP contribution is 2.25. The van der Waals surface area contributed by atoms with Crippen LogP contribution in [-0.2, 0) is 27.1 Å². The average molecular weight is 447 g/mol. The van der Waals surface area contributed by atoms with Gasteiger partial charge in [-0.25, -0.2) is 26.2 Å². The van der Waals surface area contributed by atoms with Gasteiger partial charge in [-0.2, -0.15) is 8.61 Å². The van der Waals surface area contributed by atoms with Crippen molar-refractivity contribution in [3.05, 3.63) is 36.0 Å². The van der Waals surface area contributed by atoms with Crippen molar-refractivity contribution in [3.8, 4) is 5.75 Å². The van der Waals surface area contributed by atoms with Crippen LogP contribution in [0.25, 0.3) is 0 Å². The lowest BCUT2D eigenvalue weighted by Crippen LogP contribution is -2.37. The molecule has 0 aliphatic carbocycles. The van der Waals surface area contributed by atoms with Crippen molar-refractivity contribution in [2.45, 2.75) is 23.3 Å². The Morgan fingerprint density at radius 2 is 1.66 bits per heavy atom. The second-order valence-corrected chi connectivity index (χ2v) is 10.5. The lowest BCUT2D eigenvalue weighted by Gasteiger charge is -2.21. The lowest BCUT2D eigenvalue weighted by molar-refractivity contribution is 0.384. The summed E-state index contributed by atoms with van der Waals surface area (Å²) in [5, 5.41) is -0.0639. The Kier molecular flexibility index (Phi) is 5.99. The minimum Gasteiger partial charge on any atom is -0.494 e. The van der Waals surface area contributed by atoms with Gasteiger partial charge in [0, 0.05) is 39.4 Å². The van der Waals surface area contributed by atoms with Crippen molar-refractivity contribution in [1.82, 2.24) is 18.2 Å². The van der Waals surface area contributed by atoms with Crippen LogP contribution in [0.1, 0.15) is 12.2 Å². The maximum atomic E-state index is 14.0. The number of nitrogens with zero attached hydrogens (tertiary/aromatic N) is 4. The first-order valence-corrected chi connectivity index (χ1v) is 11.8. The second kappa shape index (κ2) is 8.01. The van der Waals surface area contributed by atoms with E-state index < -0.39 is 25.9 Å². The minimum atomic E-state index is -3.97. The average Bonchev–Trinajstić information content (AvgIpc) is 2.87. The summed E-state index contributed by atoms with van der Waals surface area (Å²) in [7, 11) is -4.81. The fraction of sp³-hybridized carbons (Fsp3) is 0.471. The number of sulfonamides is 2. The molecule has 0 unspecified atom stereocenters. The molecule has 0 saturated carbocycles. The van der Waals surface area contributed by atoms with E-state index >= 15 is 0 Å². The molecule has 1 fully saturated rings. The number of methoxy groups -OCH3 is 1. The van der Waals surface area contributed by atoms with Crippen molar-refractivity contribution in [2.24, 2.45) is 7.05 Å². The van der Waals surface area contributed by atoms with Crippen LogP contribution in [0, 0.1) is 12.7 Å². The molecule has 0 radical (unpaired) electrons. The first-order chi connectivity index (χ1) is 13.6. The third kappa shape index (κ3) is 4.15. The van der Waals surface area contributed by atoms with Crippen LogP contribution in [0.15, 0.2) is 34.3 Å². The summed E-state index contributed by atoms with van der Waals surface area (Å²) >= 11 is 0. The number of hydrogen-bond donors (Lipinski definition) is 0. The molecule has 2 heterocycles. The van der Waals surface area contributed by atoms with Crippen molar-refractivity contribution in [2.75, 3.05) is 33.3 Å². The van der Waals surface area contributed by atoms with Crippen molar-refractivity contribution in [3.63, 3.8) is 0 Å². The molecular weight excluding hydrogens is 423 g/mol. The third-order valence-electron chi connectivity index (χ3n) is 4.87. The number of halogens is 1. The minimum absolute atomic E-state index is 0.0180. The highest BCUT2D eigenvalue weighted by atomic mass is 32.2. The molecule has 3 rings (SSSR count). The second-order valence-electron chi connectivity index (χ2n) is 6.70. The molecule has 1 saturated heterocycles. The molecule has 0 bridgehead atoms. The summed E-state index contributed by atoms with van der Waals surface area (Å²) in [5.74, 6) is -0.273. The number of benzene rings is 1. The Labute approximate surface area is 169 Å². The topological polar surface area (TPSA) is 102 Å². The molecule has 0 spiro atoms. The fourth-order valence-corrected chi connectivity index (χ4v) is 6.07. The van der Waals surface area contributed by atoms with Gasteiger partial charge in [-0.15, -0.1) is 0 Å². The zero-order valence-corrected chi connectivity index (χ0v) is 18.0. The molecule has 1 aromatic heterocycles. The van der Waals surface area contributed by atoms with Crippen LogP contribution in [-0.4, -0.2) is 68.3 Å². The van der Waals surface area contributed by atoms with Gasteiger partial charge in [0.05, 0.1) is 12.0 Å². The Bertz CT molecular complexity index is 1100. The van der Waals surface area contributed by atoms with E-state index in [0.29, 0.717) is 12.2 Å². The molecule has 1 aromatic carbocycles. The van der Waals surface area contributed by atoms with Gasteiger partial charge < -0.3 is 9.30 Å². The van der Waals surface area contributed by atoms with E-state index in [-0.39, 0.29) is 41.8 Å². The van der Waals surface area contributed by atoms with E-state index in [1.807, 2.05) is 0 Å². The van der Waals surface area contributed by atoms with Gasteiger partial charge in [0.15, 0.2) is 16.6 Å². The van der Waals surface area contributed by atoms with Gasteiger partial charge in [0.1, 0.15) is 5.82 Å². The highest BCUT2D eigenvalue weighted by Gasteiger charge is 2.33. The maximum absolute atomic E-state index is 14.0. The van der Waals surface area contributed by atoms with Crippen LogP contribution >= 0.6 is 0 Å². The number of imidazole rings is 1. The molecule has 9 nitrogen and oxygen atoms in total. The quantitative estimate of drug-likeness (QED) is 0.678. The van der Waals surface area contributed by atoms with Crippen LogP contribution in [0.4, 0.5) is 4.39 Å². The van der Waals surface area contributed by atoms with Gasteiger partial charge in [0.25, 0.3) is 10.0 Å². The first-order valence-electron chi connectivity index (χ1n) is 8.91. The molecule has 0 atom stereocenters. The largest absolute Gasteiger partial charge is 0.494 e. The summed E-state index contributed by atoms with van der Waals surface area (Å²) < 4.78 is 74.3. The molecule has 160 valence electrons. The van der Waals surface area contributed by atoms with Crippen molar-refractivity contribution in [1.29, 1.82) is 0 Å². The summed E-state index contributed by atoms with van der Waals surface area (Å²) in [5.41, 5.74) is 0. The van der Waals surface area contributed by atoms with E-state index in [1.165, 1.54) is 34.0 Å². The highest BCUT2D eigenvalue weighted by molar-refractivity contribution is 7.89. The number of aromatic nitrogens is 2. The zero-order chi connectivity index (χ0) is 21.4. The molecule has 12 heteroatoms. The Hall–Kier alpha value is -2.02. The van der Waals surface area contributed by atoms with Crippen LogP contribution in [0.3, 0.4) is 0 Å². The van der Waals surface area contributed by atoms with Crippen molar-refractivity contribution < 1.29 is 26.0 Å². The summed E-state index contributed by atoms with van der Waals surface area (Å²) in [6, 6.07) is 3.43. The lowest BCUT2D eigenvalue weighted by atomic mass is 10.3. The smallest absolute Gasteiger partial charge is 0.262 e. The van der Waals surface area contributed by atoms with Gasteiger partial charge >= 0.3 is 0 Å². The van der Waals surface area contributed by atoms with Crippen LogP contribution < -0.4 is 4.74 Å². The molecule has 0 amide bonds. The van der Waals surface area contributed by atoms with E-state index in [0.717, 1.165) is 6.07 Å². The molecule has 1 aliphatic rings. The normalized spacial score (nSPS) is 17.2. The monoisotopic (exact) mass is 446 g/mol. The van der Waals surface area contributed by atoms with E-state index in [2.05, 4.69) is 4.98 Å². The molecule has 0 N–H and O–H groups in total. The molecule has 29 heavy (non-hydrogen) atoms. The Morgan fingerprint density at radius 1 is 1.03 bits per heavy atom. The van der Waals surface area contributed by atoms with Gasteiger partial charge in [-0.1, -0.05) is 0 Å². The molecule has 2 aromatic rings. The van der Waals surface area contributed by atoms with E-state index in [9.17, 15) is 21.2 Å². The van der Waals surface area contributed by atoms with Crippen molar-refractivity contribution >= 4 is 20.0 Å². The Balaban J connectivity index is 1.81. The van der Waals surface area contributed by atoms with Crippen LogP contribution in [0.5, 0.6) is 5.75 Å². The number of rotatable bonds is 5. The number of aryl methyl sites for hydroxylation is 2. The maximum Gasteiger partial charge on any atom is 0.262 e. The van der Waals surface area contributed by atoms with Gasteiger partial charge in [0.2, 0.25) is 10.0 Å². The van der Waals surface area contributed by atoms with E-state index in [1.54, 1.807) is 18.5 Å². The standard InChI is InChI=1S/C17H23FN4O5S2/c1-13-19-17(12-20(13)2)29(25,26)22-8-4-7-21(9-10-22)28(23,24)14-5-6-16(27-3)15(18)11-14/h5-6,11-12H,4,7-10H2,1-3H3. The predicted octanol–water partition coefficient (Wildman–Crippen LogP) is 0.962. The molecule has 1 aliphatic heterocycles. The Morgan fingerprint density at radius 3 is 2.17 bits per heavy atom. The number of hydrogen-bond acceptors (Lipinski definition) is 6. The summed E-state index contributed by atoms with van der Waals surface area (Å²) in [6.07, 6.45) is 1.74. The van der Waals surface area contributed by atoms with Gasteiger partial charge in [-0.3, -0.25) is 0 Å². The predicted molar refractivity (Wildman–Crippen MR) is 103 cm³/mol. The SMILES string of the molecule is COc1ccc(S(=O)(=O)N2CCCN(S(=O)(=O)c3cn(C)c(C)n3)CC2)cc1F.